The van der Waals surface area contributed by atoms with E-state index < -0.39 is 0 Å². The average molecular weight is 207 g/mol. The monoisotopic (exact) mass is 206 g/mol. The van der Waals surface area contributed by atoms with E-state index in [0.717, 1.165) is 19.6 Å². The summed E-state index contributed by atoms with van der Waals surface area (Å²) < 4.78 is 0. The summed E-state index contributed by atoms with van der Waals surface area (Å²) in [4.78, 5) is 13.2. The van der Waals surface area contributed by atoms with Gasteiger partial charge in [-0.15, -0.1) is 12.4 Å². The van der Waals surface area contributed by atoms with Crippen molar-refractivity contribution in [1.29, 1.82) is 0 Å². The number of hydrogen-bond donors (Lipinski definition) is 1. The summed E-state index contributed by atoms with van der Waals surface area (Å²) in [7, 11) is 0. The fraction of sp³-hybridized carbons (Fsp3) is 0.889. The molecular formula is C9H19ClN2O. The van der Waals surface area contributed by atoms with E-state index in [9.17, 15) is 4.79 Å². The maximum atomic E-state index is 10.9. The van der Waals surface area contributed by atoms with Crippen molar-refractivity contribution in [3.8, 4) is 0 Å². The Kier molecular flexibility index (Phi) is 4.89. The second kappa shape index (κ2) is 4.94. The Morgan fingerprint density at radius 2 is 2.15 bits per heavy atom. The smallest absolute Gasteiger partial charge is 0.143 e. The summed E-state index contributed by atoms with van der Waals surface area (Å²) in [5.41, 5.74) is 0.129. The van der Waals surface area contributed by atoms with Crippen LogP contribution in [-0.4, -0.2) is 42.4 Å². The van der Waals surface area contributed by atoms with Crippen LogP contribution >= 0.6 is 12.4 Å². The molecule has 0 amide bonds. The Bertz CT molecular complexity index is 182. The first-order chi connectivity index (χ1) is 5.52. The predicted molar refractivity (Wildman–Crippen MR) is 56.5 cm³/mol. The highest BCUT2D eigenvalue weighted by atomic mass is 35.5. The molecule has 0 saturated carbocycles. The quantitative estimate of drug-likeness (QED) is 0.722. The average Bonchev–Trinajstić information content (AvgIpc) is 1.92. The molecule has 0 atom stereocenters. The normalized spacial score (nSPS) is 22.1. The lowest BCUT2D eigenvalue weighted by Gasteiger charge is -2.42. The minimum atomic E-state index is 0. The molecule has 1 heterocycles. The molecule has 1 rings (SSSR count). The Balaban J connectivity index is 0.00000144. The largest absolute Gasteiger partial charge is 0.314 e. The van der Waals surface area contributed by atoms with Crippen molar-refractivity contribution in [3.05, 3.63) is 0 Å². The maximum absolute atomic E-state index is 10.9. The van der Waals surface area contributed by atoms with E-state index in [4.69, 9.17) is 0 Å². The first kappa shape index (κ1) is 12.9. The van der Waals surface area contributed by atoms with E-state index in [1.165, 1.54) is 0 Å². The van der Waals surface area contributed by atoms with Crippen LogP contribution in [0.15, 0.2) is 0 Å². The van der Waals surface area contributed by atoms with E-state index in [1.807, 2.05) is 0 Å². The number of carbonyl (C=O) groups is 1. The third kappa shape index (κ3) is 3.63. The number of halogens is 1. The van der Waals surface area contributed by atoms with Crippen LogP contribution < -0.4 is 5.32 Å². The van der Waals surface area contributed by atoms with Gasteiger partial charge in [-0.1, -0.05) is 0 Å². The predicted octanol–water partition coefficient (Wildman–Crippen LogP) is 0.681. The van der Waals surface area contributed by atoms with Crippen molar-refractivity contribution in [2.45, 2.75) is 26.3 Å². The molecule has 0 aromatic rings. The summed E-state index contributed by atoms with van der Waals surface area (Å²) in [5.74, 6) is 0.255. The number of nitrogens with one attached hydrogen (secondary N) is 1. The zero-order chi connectivity index (χ0) is 9.19. The number of rotatable bonds is 2. The molecule has 0 radical (unpaired) electrons. The van der Waals surface area contributed by atoms with E-state index in [2.05, 4.69) is 24.1 Å². The van der Waals surface area contributed by atoms with E-state index in [1.54, 1.807) is 6.92 Å². The standard InChI is InChI=1S/C9H18N2O.ClH/c1-8(12)6-11-5-4-10-7-9(11,2)3;/h10H,4-7H2,1-3H3;1H. The van der Waals surface area contributed by atoms with Crippen LogP contribution in [-0.2, 0) is 4.79 Å². The van der Waals surface area contributed by atoms with Crippen LogP contribution in [0.4, 0.5) is 0 Å². The maximum Gasteiger partial charge on any atom is 0.143 e. The summed E-state index contributed by atoms with van der Waals surface area (Å²) in [6.45, 7) is 9.53. The second-order valence-electron chi connectivity index (χ2n) is 4.11. The summed E-state index contributed by atoms with van der Waals surface area (Å²) in [6, 6.07) is 0. The van der Waals surface area contributed by atoms with E-state index in [0.29, 0.717) is 6.54 Å². The van der Waals surface area contributed by atoms with Gasteiger partial charge in [0.25, 0.3) is 0 Å². The molecule has 78 valence electrons. The SMILES string of the molecule is CC(=O)CN1CCNCC1(C)C.Cl. The van der Waals surface area contributed by atoms with Crippen LogP contribution in [0.2, 0.25) is 0 Å². The Labute approximate surface area is 86.3 Å². The zero-order valence-electron chi connectivity index (χ0n) is 8.59. The van der Waals surface area contributed by atoms with Gasteiger partial charge >= 0.3 is 0 Å². The molecule has 0 spiro atoms. The molecule has 0 aliphatic carbocycles. The molecule has 1 fully saturated rings. The topological polar surface area (TPSA) is 32.3 Å². The fourth-order valence-corrected chi connectivity index (χ4v) is 1.58. The molecule has 0 unspecified atom stereocenters. The molecule has 0 bridgehead atoms. The van der Waals surface area contributed by atoms with Gasteiger partial charge in [0.15, 0.2) is 0 Å². The van der Waals surface area contributed by atoms with E-state index >= 15 is 0 Å². The molecule has 0 aromatic heterocycles. The molecule has 1 aliphatic heterocycles. The van der Waals surface area contributed by atoms with Crippen molar-refractivity contribution < 1.29 is 4.79 Å². The second-order valence-corrected chi connectivity index (χ2v) is 4.11. The third-order valence-electron chi connectivity index (χ3n) is 2.39. The lowest BCUT2D eigenvalue weighted by molar-refractivity contribution is -0.119. The molecule has 1 saturated heterocycles. The molecule has 0 aromatic carbocycles. The van der Waals surface area contributed by atoms with Crippen LogP contribution in [0.3, 0.4) is 0 Å². The third-order valence-corrected chi connectivity index (χ3v) is 2.39. The van der Waals surface area contributed by atoms with Gasteiger partial charge in [-0.2, -0.15) is 0 Å². The van der Waals surface area contributed by atoms with Gasteiger partial charge < -0.3 is 5.32 Å². The minimum Gasteiger partial charge on any atom is -0.314 e. The lowest BCUT2D eigenvalue weighted by Crippen LogP contribution is -2.58. The Morgan fingerprint density at radius 3 is 2.62 bits per heavy atom. The summed E-state index contributed by atoms with van der Waals surface area (Å²) >= 11 is 0. The van der Waals surface area contributed by atoms with Gasteiger partial charge in [0.1, 0.15) is 5.78 Å². The molecule has 13 heavy (non-hydrogen) atoms. The van der Waals surface area contributed by atoms with Gasteiger partial charge in [-0.05, 0) is 20.8 Å². The number of nitrogens with zero attached hydrogens (tertiary/aromatic N) is 1. The zero-order valence-corrected chi connectivity index (χ0v) is 9.41. The first-order valence-electron chi connectivity index (χ1n) is 4.47. The van der Waals surface area contributed by atoms with Crippen LogP contribution in [0.25, 0.3) is 0 Å². The van der Waals surface area contributed by atoms with E-state index in [-0.39, 0.29) is 23.7 Å². The van der Waals surface area contributed by atoms with Crippen molar-refractivity contribution in [2.24, 2.45) is 0 Å². The molecule has 1 N–H and O–H groups in total. The number of carbonyl (C=O) groups excluding carboxylic acids is 1. The van der Waals surface area contributed by atoms with Gasteiger partial charge in [0.05, 0.1) is 6.54 Å². The van der Waals surface area contributed by atoms with Crippen molar-refractivity contribution in [3.63, 3.8) is 0 Å². The van der Waals surface area contributed by atoms with Crippen LogP contribution in [0.1, 0.15) is 20.8 Å². The van der Waals surface area contributed by atoms with Crippen molar-refractivity contribution in [1.82, 2.24) is 10.2 Å². The number of ketones is 1. The summed E-state index contributed by atoms with van der Waals surface area (Å²) in [5, 5.41) is 3.33. The number of hydrogen-bond acceptors (Lipinski definition) is 3. The van der Waals surface area contributed by atoms with Crippen LogP contribution in [0.5, 0.6) is 0 Å². The number of Topliss-reactive ketones (excluding diaryl/α,β-unsaturated/α-hetero) is 1. The van der Waals surface area contributed by atoms with Crippen LogP contribution in [0, 0.1) is 0 Å². The number of piperazine rings is 1. The fourth-order valence-electron chi connectivity index (χ4n) is 1.58. The highest BCUT2D eigenvalue weighted by molar-refractivity contribution is 5.85. The van der Waals surface area contributed by atoms with Crippen molar-refractivity contribution >= 4 is 18.2 Å². The van der Waals surface area contributed by atoms with Crippen molar-refractivity contribution in [2.75, 3.05) is 26.2 Å². The highest BCUT2D eigenvalue weighted by Gasteiger charge is 2.29. The lowest BCUT2D eigenvalue weighted by atomic mass is 10.00. The minimum absolute atomic E-state index is 0. The molecule has 4 heteroatoms. The molecule has 3 nitrogen and oxygen atoms in total. The summed E-state index contributed by atoms with van der Waals surface area (Å²) in [6.07, 6.45) is 0. The highest BCUT2D eigenvalue weighted by Crippen LogP contribution is 2.15. The first-order valence-corrected chi connectivity index (χ1v) is 4.47. The Morgan fingerprint density at radius 1 is 1.54 bits per heavy atom. The van der Waals surface area contributed by atoms with Gasteiger partial charge in [-0.3, -0.25) is 9.69 Å². The molecular weight excluding hydrogens is 188 g/mol. The van der Waals surface area contributed by atoms with Gasteiger partial charge in [-0.25, -0.2) is 0 Å². The molecule has 1 aliphatic rings. The Hall–Kier alpha value is -0.120. The van der Waals surface area contributed by atoms with Gasteiger partial charge in [0.2, 0.25) is 0 Å². The van der Waals surface area contributed by atoms with Gasteiger partial charge in [0, 0.05) is 25.2 Å².